The lowest BCUT2D eigenvalue weighted by molar-refractivity contribution is -0.384. The average molecular weight is 429 g/mol. The third-order valence-electron chi connectivity index (χ3n) is 4.77. The zero-order chi connectivity index (χ0) is 23.1. The van der Waals surface area contributed by atoms with Gasteiger partial charge in [0.05, 0.1) is 4.92 Å². The molecule has 0 saturated heterocycles. The number of benzene rings is 3. The van der Waals surface area contributed by atoms with Crippen LogP contribution in [0.2, 0.25) is 0 Å². The minimum atomic E-state index is -0.515. The van der Waals surface area contributed by atoms with Gasteiger partial charge in [-0.25, -0.2) is 0 Å². The lowest BCUT2D eigenvalue weighted by atomic mass is 10.1. The van der Waals surface area contributed by atoms with Crippen LogP contribution in [-0.2, 0) is 11.3 Å². The van der Waals surface area contributed by atoms with Crippen LogP contribution in [0.4, 0.5) is 5.69 Å². The van der Waals surface area contributed by atoms with Gasteiger partial charge in [-0.3, -0.25) is 19.7 Å². The molecule has 0 saturated carbocycles. The highest BCUT2D eigenvalue weighted by Crippen LogP contribution is 2.16. The molecule has 3 aromatic carbocycles. The Morgan fingerprint density at radius 1 is 0.938 bits per heavy atom. The Hall–Kier alpha value is -4.26. The van der Waals surface area contributed by atoms with Crippen LogP contribution in [0.1, 0.15) is 32.6 Å². The predicted molar refractivity (Wildman–Crippen MR) is 123 cm³/mol. The number of carbonyl (C=O) groups excluding carboxylic acids is 2. The van der Waals surface area contributed by atoms with E-state index >= 15 is 0 Å². The van der Waals surface area contributed by atoms with Gasteiger partial charge in [0, 0.05) is 24.2 Å². The van der Waals surface area contributed by atoms with E-state index in [0.29, 0.717) is 11.1 Å². The first-order chi connectivity index (χ1) is 15.3. The van der Waals surface area contributed by atoms with E-state index in [1.807, 2.05) is 38.1 Å². The molecule has 0 spiro atoms. The van der Waals surface area contributed by atoms with Gasteiger partial charge in [0.15, 0.2) is 0 Å². The Balaban J connectivity index is 1.85. The van der Waals surface area contributed by atoms with Crippen molar-refractivity contribution in [2.24, 2.45) is 0 Å². The molecule has 0 aromatic heterocycles. The van der Waals surface area contributed by atoms with Gasteiger partial charge in [0.2, 0.25) is 0 Å². The average Bonchev–Trinajstić information content (AvgIpc) is 2.78. The van der Waals surface area contributed by atoms with E-state index in [0.717, 1.165) is 16.7 Å². The summed E-state index contributed by atoms with van der Waals surface area (Å²) in [4.78, 5) is 36.2. The summed E-state index contributed by atoms with van der Waals surface area (Å²) in [6.07, 6.45) is 1.42. The number of nitro benzene ring substituents is 1. The maximum Gasteiger partial charge on any atom is 0.270 e. The van der Waals surface area contributed by atoms with Crippen LogP contribution in [0.5, 0.6) is 0 Å². The molecule has 32 heavy (non-hydrogen) atoms. The second-order valence-electron chi connectivity index (χ2n) is 7.40. The van der Waals surface area contributed by atoms with Crippen molar-refractivity contribution in [2.75, 3.05) is 0 Å². The monoisotopic (exact) mass is 429 g/mol. The van der Waals surface area contributed by atoms with Crippen LogP contribution in [-0.4, -0.2) is 16.7 Å². The van der Waals surface area contributed by atoms with Gasteiger partial charge < -0.3 is 10.6 Å². The minimum Gasteiger partial charge on any atom is -0.347 e. The number of nitrogens with zero attached hydrogens (tertiary/aromatic N) is 1. The molecule has 7 nitrogen and oxygen atoms in total. The molecule has 3 rings (SSSR count). The van der Waals surface area contributed by atoms with Gasteiger partial charge in [0.1, 0.15) is 5.70 Å². The zero-order valence-corrected chi connectivity index (χ0v) is 17.8. The fourth-order valence-corrected chi connectivity index (χ4v) is 2.94. The summed E-state index contributed by atoms with van der Waals surface area (Å²) in [6.45, 7) is 4.16. The van der Waals surface area contributed by atoms with Crippen molar-refractivity contribution in [3.05, 3.63) is 116 Å². The van der Waals surface area contributed by atoms with E-state index in [9.17, 15) is 19.7 Å². The quantitative estimate of drug-likeness (QED) is 0.332. The van der Waals surface area contributed by atoms with Gasteiger partial charge >= 0.3 is 0 Å². The summed E-state index contributed by atoms with van der Waals surface area (Å²) in [5, 5.41) is 16.5. The van der Waals surface area contributed by atoms with Crippen molar-refractivity contribution < 1.29 is 14.5 Å². The largest absolute Gasteiger partial charge is 0.347 e. The highest BCUT2D eigenvalue weighted by atomic mass is 16.6. The fourth-order valence-electron chi connectivity index (χ4n) is 2.94. The summed E-state index contributed by atoms with van der Waals surface area (Å²) in [7, 11) is 0. The van der Waals surface area contributed by atoms with Crippen LogP contribution in [0.25, 0.3) is 6.08 Å². The molecular formula is C25H23N3O4. The molecule has 0 aliphatic heterocycles. The number of non-ortho nitro benzene ring substituents is 1. The van der Waals surface area contributed by atoms with Crippen LogP contribution in [0, 0.1) is 24.0 Å². The second-order valence-corrected chi connectivity index (χ2v) is 7.40. The van der Waals surface area contributed by atoms with E-state index in [2.05, 4.69) is 10.6 Å². The SMILES string of the molecule is Cc1ccc(CNC(=O)/C(=C/c2cccc([N+](=O)[O-])c2)NC(=O)c2ccc(C)cc2)cc1. The summed E-state index contributed by atoms with van der Waals surface area (Å²) in [5.41, 5.74) is 3.71. The molecule has 2 N–H and O–H groups in total. The van der Waals surface area contributed by atoms with Crippen LogP contribution >= 0.6 is 0 Å². The molecular weight excluding hydrogens is 406 g/mol. The number of amides is 2. The Morgan fingerprint density at radius 3 is 2.19 bits per heavy atom. The Bertz CT molecular complexity index is 1170. The van der Waals surface area contributed by atoms with Crippen molar-refractivity contribution in [3.63, 3.8) is 0 Å². The van der Waals surface area contributed by atoms with Crippen LogP contribution in [0.15, 0.2) is 78.5 Å². The van der Waals surface area contributed by atoms with Gasteiger partial charge in [-0.15, -0.1) is 0 Å². The highest BCUT2D eigenvalue weighted by Gasteiger charge is 2.15. The number of carbonyl (C=O) groups is 2. The predicted octanol–water partition coefficient (Wildman–Crippen LogP) is 4.30. The fraction of sp³-hybridized carbons (Fsp3) is 0.120. The first-order valence-electron chi connectivity index (χ1n) is 10.00. The van der Waals surface area contributed by atoms with Gasteiger partial charge in [-0.2, -0.15) is 0 Å². The van der Waals surface area contributed by atoms with Crippen LogP contribution in [0.3, 0.4) is 0 Å². The topological polar surface area (TPSA) is 101 Å². The molecule has 0 heterocycles. The van der Waals surface area contributed by atoms with E-state index in [4.69, 9.17) is 0 Å². The second kappa shape index (κ2) is 10.2. The number of rotatable bonds is 7. The number of hydrogen-bond acceptors (Lipinski definition) is 4. The summed E-state index contributed by atoms with van der Waals surface area (Å²) in [6, 6.07) is 20.5. The Morgan fingerprint density at radius 2 is 1.56 bits per heavy atom. The third kappa shape index (κ3) is 6.12. The van der Waals surface area contributed by atoms with Crippen molar-refractivity contribution in [1.29, 1.82) is 0 Å². The number of nitrogens with one attached hydrogen (secondary N) is 2. The normalized spacial score (nSPS) is 11.0. The zero-order valence-electron chi connectivity index (χ0n) is 17.8. The molecule has 0 bridgehead atoms. The van der Waals surface area contributed by atoms with Crippen molar-refractivity contribution in [1.82, 2.24) is 10.6 Å². The van der Waals surface area contributed by atoms with E-state index in [1.54, 1.807) is 30.3 Å². The molecule has 0 aliphatic rings. The van der Waals surface area contributed by atoms with Gasteiger partial charge in [-0.05, 0) is 43.2 Å². The number of aryl methyl sites for hydroxylation is 2. The van der Waals surface area contributed by atoms with E-state index in [1.165, 1.54) is 24.3 Å². The molecule has 0 atom stereocenters. The Labute approximate surface area is 185 Å². The van der Waals surface area contributed by atoms with E-state index < -0.39 is 16.7 Å². The van der Waals surface area contributed by atoms with Gasteiger partial charge in [-0.1, -0.05) is 59.7 Å². The standard InChI is InChI=1S/C25H23N3O4/c1-17-6-10-19(11-7-17)16-26-25(30)23(15-20-4-3-5-22(14-20)28(31)32)27-24(29)21-12-8-18(2)9-13-21/h3-15H,16H2,1-2H3,(H,26,30)(H,27,29)/b23-15-. The smallest absolute Gasteiger partial charge is 0.270 e. The summed E-state index contributed by atoms with van der Waals surface area (Å²) >= 11 is 0. The summed E-state index contributed by atoms with van der Waals surface area (Å²) < 4.78 is 0. The number of hydrogen-bond donors (Lipinski definition) is 2. The molecule has 3 aromatic rings. The molecule has 2 amide bonds. The molecule has 0 unspecified atom stereocenters. The van der Waals surface area contributed by atoms with E-state index in [-0.39, 0.29) is 17.9 Å². The minimum absolute atomic E-state index is 0.0109. The van der Waals surface area contributed by atoms with Gasteiger partial charge in [0.25, 0.3) is 17.5 Å². The molecule has 162 valence electrons. The van der Waals surface area contributed by atoms with Crippen molar-refractivity contribution in [3.8, 4) is 0 Å². The lowest BCUT2D eigenvalue weighted by Crippen LogP contribution is -2.34. The number of nitro groups is 1. The summed E-state index contributed by atoms with van der Waals surface area (Å²) in [5.74, 6) is -0.954. The Kier molecular flexibility index (Phi) is 7.13. The maximum absolute atomic E-state index is 12.9. The first kappa shape index (κ1) is 22.4. The van der Waals surface area contributed by atoms with Crippen LogP contribution < -0.4 is 10.6 Å². The molecule has 0 radical (unpaired) electrons. The first-order valence-corrected chi connectivity index (χ1v) is 10.00. The lowest BCUT2D eigenvalue weighted by Gasteiger charge is -2.12. The maximum atomic E-state index is 12.9. The molecule has 0 aliphatic carbocycles. The van der Waals surface area contributed by atoms with Crippen molar-refractivity contribution >= 4 is 23.6 Å². The highest BCUT2D eigenvalue weighted by molar-refractivity contribution is 6.05. The molecule has 0 fully saturated rings. The van der Waals surface area contributed by atoms with Crippen molar-refractivity contribution in [2.45, 2.75) is 20.4 Å². The molecule has 7 heteroatoms. The third-order valence-corrected chi connectivity index (χ3v) is 4.77.